The third kappa shape index (κ3) is 2.34. The smallest absolute Gasteiger partial charge is 0.268 e. The number of aromatic nitrogens is 2. The maximum absolute atomic E-state index is 12.8. The Morgan fingerprint density at radius 2 is 1.86 bits per heavy atom. The number of anilines is 1. The molecule has 22 heavy (non-hydrogen) atoms. The average Bonchev–Trinajstić information content (AvgIpc) is 2.88. The van der Waals surface area contributed by atoms with E-state index in [1.165, 1.54) is 16.1 Å². The second-order valence-corrected chi connectivity index (χ2v) is 6.75. The molecule has 2 heterocycles. The molecule has 3 aromatic rings. The number of rotatable bonds is 4. The molecule has 1 aromatic carbocycles. The lowest BCUT2D eigenvalue weighted by molar-refractivity contribution is 0.589. The summed E-state index contributed by atoms with van der Waals surface area (Å²) in [5.74, 6) is 0. The minimum atomic E-state index is -3.70. The Bertz CT molecular complexity index is 914. The number of nitrogens with two attached hydrogens (primary N) is 2. The maximum Gasteiger partial charge on any atom is 0.268 e. The summed E-state index contributed by atoms with van der Waals surface area (Å²) in [6, 6.07) is 9.57. The van der Waals surface area contributed by atoms with E-state index in [1.54, 1.807) is 36.7 Å². The van der Waals surface area contributed by atoms with Gasteiger partial charge in [-0.15, -0.1) is 0 Å². The molecule has 0 aliphatic heterocycles. The van der Waals surface area contributed by atoms with Crippen LogP contribution in [0.3, 0.4) is 0 Å². The minimum Gasteiger partial charge on any atom is -0.399 e. The Balaban J connectivity index is 2.23. The first-order chi connectivity index (χ1) is 10.5. The average molecular weight is 316 g/mol. The van der Waals surface area contributed by atoms with Crippen molar-refractivity contribution in [2.45, 2.75) is 11.3 Å². The van der Waals surface area contributed by atoms with Crippen LogP contribution < -0.4 is 11.5 Å². The highest BCUT2D eigenvalue weighted by Crippen LogP contribution is 2.25. The predicted molar refractivity (Wildman–Crippen MR) is 85.9 cm³/mol. The van der Waals surface area contributed by atoms with Crippen molar-refractivity contribution in [1.82, 2.24) is 8.96 Å². The van der Waals surface area contributed by atoms with Gasteiger partial charge in [0.05, 0.1) is 15.9 Å². The van der Waals surface area contributed by atoms with E-state index in [9.17, 15) is 8.42 Å². The molecule has 0 atom stereocenters. The van der Waals surface area contributed by atoms with Crippen LogP contribution in [-0.4, -0.2) is 23.9 Å². The van der Waals surface area contributed by atoms with Gasteiger partial charge in [0.25, 0.3) is 10.0 Å². The summed E-state index contributed by atoms with van der Waals surface area (Å²) in [7, 11) is -3.70. The molecule has 0 bridgehead atoms. The lowest BCUT2D eigenvalue weighted by Crippen LogP contribution is -2.12. The molecule has 2 aromatic heterocycles. The monoisotopic (exact) mass is 316 g/mol. The Labute approximate surface area is 128 Å². The number of hydrogen-bond acceptors (Lipinski definition) is 5. The van der Waals surface area contributed by atoms with Crippen molar-refractivity contribution < 1.29 is 8.42 Å². The van der Waals surface area contributed by atoms with E-state index in [-0.39, 0.29) is 4.90 Å². The summed E-state index contributed by atoms with van der Waals surface area (Å²) >= 11 is 0. The number of pyridine rings is 1. The number of nitrogen functional groups attached to an aromatic ring is 1. The van der Waals surface area contributed by atoms with Gasteiger partial charge in [-0.05, 0) is 54.9 Å². The SMILES string of the molecule is NCCc1cn(S(=O)(=O)c2ccc(N)cc2)c2cccnc12. The van der Waals surface area contributed by atoms with E-state index in [1.807, 2.05) is 0 Å². The lowest BCUT2D eigenvalue weighted by atomic mass is 10.2. The first-order valence-corrected chi connectivity index (χ1v) is 8.24. The molecule has 0 radical (unpaired) electrons. The molecule has 0 fully saturated rings. The van der Waals surface area contributed by atoms with Crippen molar-refractivity contribution >= 4 is 26.7 Å². The maximum atomic E-state index is 12.8. The largest absolute Gasteiger partial charge is 0.399 e. The zero-order chi connectivity index (χ0) is 15.7. The van der Waals surface area contributed by atoms with Gasteiger partial charge < -0.3 is 11.5 Å². The van der Waals surface area contributed by atoms with Crippen molar-refractivity contribution in [3.05, 3.63) is 54.4 Å². The van der Waals surface area contributed by atoms with Crippen LogP contribution in [0.4, 0.5) is 5.69 Å². The van der Waals surface area contributed by atoms with Crippen LogP contribution in [0.15, 0.2) is 53.7 Å². The van der Waals surface area contributed by atoms with Crippen molar-refractivity contribution in [2.24, 2.45) is 5.73 Å². The van der Waals surface area contributed by atoms with Gasteiger partial charge in [0, 0.05) is 18.1 Å². The van der Waals surface area contributed by atoms with Crippen LogP contribution in [0.5, 0.6) is 0 Å². The molecule has 3 rings (SSSR count). The number of nitrogens with zero attached hydrogens (tertiary/aromatic N) is 2. The molecule has 0 spiro atoms. The molecule has 6 nitrogen and oxygen atoms in total. The highest BCUT2D eigenvalue weighted by atomic mass is 32.2. The van der Waals surface area contributed by atoms with E-state index in [0.29, 0.717) is 29.7 Å². The van der Waals surface area contributed by atoms with Gasteiger partial charge in [-0.2, -0.15) is 0 Å². The van der Waals surface area contributed by atoms with Crippen LogP contribution in [0.1, 0.15) is 5.56 Å². The molecular formula is C15H16N4O2S. The minimum absolute atomic E-state index is 0.182. The molecular weight excluding hydrogens is 300 g/mol. The first-order valence-electron chi connectivity index (χ1n) is 6.80. The Hall–Kier alpha value is -2.38. The Morgan fingerprint density at radius 3 is 2.55 bits per heavy atom. The van der Waals surface area contributed by atoms with Gasteiger partial charge in [0.2, 0.25) is 0 Å². The van der Waals surface area contributed by atoms with Crippen LogP contribution in [0.2, 0.25) is 0 Å². The molecule has 0 saturated carbocycles. The summed E-state index contributed by atoms with van der Waals surface area (Å²) in [5.41, 5.74) is 13.8. The number of benzene rings is 1. The highest BCUT2D eigenvalue weighted by Gasteiger charge is 2.21. The van der Waals surface area contributed by atoms with Gasteiger partial charge in [-0.1, -0.05) is 0 Å². The zero-order valence-corrected chi connectivity index (χ0v) is 12.6. The Morgan fingerprint density at radius 1 is 1.14 bits per heavy atom. The van der Waals surface area contributed by atoms with E-state index in [2.05, 4.69) is 4.98 Å². The van der Waals surface area contributed by atoms with Gasteiger partial charge >= 0.3 is 0 Å². The second-order valence-electron chi connectivity index (χ2n) is 4.93. The second kappa shape index (κ2) is 5.43. The van der Waals surface area contributed by atoms with E-state index < -0.39 is 10.0 Å². The standard InChI is InChI=1S/C15H16N4O2S/c16-8-7-11-10-19(14-2-1-9-18-15(11)14)22(20,21)13-5-3-12(17)4-6-13/h1-6,9-10H,7-8,16-17H2. The highest BCUT2D eigenvalue weighted by molar-refractivity contribution is 7.90. The van der Waals surface area contributed by atoms with Crippen molar-refractivity contribution in [3.8, 4) is 0 Å². The molecule has 0 saturated heterocycles. The van der Waals surface area contributed by atoms with Gasteiger partial charge in [-0.25, -0.2) is 12.4 Å². The van der Waals surface area contributed by atoms with E-state index in [0.717, 1.165) is 5.56 Å². The van der Waals surface area contributed by atoms with E-state index in [4.69, 9.17) is 11.5 Å². The first kappa shape index (κ1) is 14.6. The van der Waals surface area contributed by atoms with Crippen LogP contribution in [-0.2, 0) is 16.4 Å². The molecule has 0 aliphatic carbocycles. The fourth-order valence-corrected chi connectivity index (χ4v) is 3.76. The normalized spacial score (nSPS) is 11.9. The zero-order valence-electron chi connectivity index (χ0n) is 11.8. The van der Waals surface area contributed by atoms with Crippen molar-refractivity contribution in [1.29, 1.82) is 0 Å². The van der Waals surface area contributed by atoms with Crippen molar-refractivity contribution in [3.63, 3.8) is 0 Å². The summed E-state index contributed by atoms with van der Waals surface area (Å²) < 4.78 is 26.9. The third-order valence-corrected chi connectivity index (χ3v) is 5.14. The van der Waals surface area contributed by atoms with Gasteiger partial charge in [0.1, 0.15) is 0 Å². The van der Waals surface area contributed by atoms with Crippen molar-refractivity contribution in [2.75, 3.05) is 12.3 Å². The van der Waals surface area contributed by atoms with Gasteiger partial charge in [0.15, 0.2) is 0 Å². The lowest BCUT2D eigenvalue weighted by Gasteiger charge is -2.07. The van der Waals surface area contributed by atoms with E-state index >= 15 is 0 Å². The van der Waals surface area contributed by atoms with Gasteiger partial charge in [-0.3, -0.25) is 4.98 Å². The summed E-state index contributed by atoms with van der Waals surface area (Å²) in [5, 5.41) is 0. The molecule has 0 aliphatic rings. The summed E-state index contributed by atoms with van der Waals surface area (Å²) in [4.78, 5) is 4.46. The van der Waals surface area contributed by atoms with Crippen LogP contribution in [0.25, 0.3) is 11.0 Å². The Kier molecular flexibility index (Phi) is 3.59. The number of hydrogen-bond donors (Lipinski definition) is 2. The molecule has 0 unspecified atom stereocenters. The number of fused-ring (bicyclic) bond motifs is 1. The molecule has 0 amide bonds. The fourth-order valence-electron chi connectivity index (χ4n) is 2.38. The fraction of sp³-hybridized carbons (Fsp3) is 0.133. The van der Waals surface area contributed by atoms with Crippen LogP contribution in [0, 0.1) is 0 Å². The molecule has 114 valence electrons. The quantitative estimate of drug-likeness (QED) is 0.707. The predicted octanol–water partition coefficient (Wildman–Crippen LogP) is 1.36. The molecule has 4 N–H and O–H groups in total. The topological polar surface area (TPSA) is 104 Å². The molecule has 7 heteroatoms. The summed E-state index contributed by atoms with van der Waals surface area (Å²) in [6.45, 7) is 0.428. The third-order valence-electron chi connectivity index (χ3n) is 3.45. The van der Waals surface area contributed by atoms with Crippen LogP contribution >= 0.6 is 0 Å². The summed E-state index contributed by atoms with van der Waals surface area (Å²) in [6.07, 6.45) is 3.80.